The molecule has 6 nitrogen and oxygen atoms in total. The van der Waals surface area contributed by atoms with Crippen LogP contribution in [0.1, 0.15) is 53.5 Å². The molecule has 2 aromatic rings. The van der Waals surface area contributed by atoms with E-state index in [4.69, 9.17) is 13.9 Å². The van der Waals surface area contributed by atoms with Gasteiger partial charge in [0.2, 0.25) is 0 Å². The van der Waals surface area contributed by atoms with E-state index in [0.717, 1.165) is 12.8 Å². The van der Waals surface area contributed by atoms with Gasteiger partial charge in [0.25, 0.3) is 5.91 Å². The Morgan fingerprint density at radius 1 is 1.19 bits per heavy atom. The Hall–Kier alpha value is -2.76. The van der Waals surface area contributed by atoms with Crippen LogP contribution in [0.4, 0.5) is 0 Å². The predicted molar refractivity (Wildman–Crippen MR) is 99.3 cm³/mol. The minimum atomic E-state index is -0.642. The number of amides is 1. The van der Waals surface area contributed by atoms with E-state index in [1.54, 1.807) is 19.1 Å². The number of benzene rings is 1. The fraction of sp³-hybridized carbons (Fsp3) is 0.429. The Bertz CT molecular complexity index is 898. The molecule has 0 bridgehead atoms. The number of aryl methyl sites for hydroxylation is 1. The summed E-state index contributed by atoms with van der Waals surface area (Å²) in [6.45, 7) is 2.59. The standard InChI is InChI=1S/C21H23NO5/c1-13-10-17(18-12-25-15-8-4-5-9-16(15)26-18)27-21(24)19(13)20(23)22-11-14-6-2-3-7-14/h4-5,8-10,14,18H,2-3,6-7,11-12H2,1H3,(H,22,23). The normalized spacial score (nSPS) is 19.1. The smallest absolute Gasteiger partial charge is 0.349 e. The zero-order chi connectivity index (χ0) is 18.8. The summed E-state index contributed by atoms with van der Waals surface area (Å²) < 4.78 is 17.0. The number of ether oxygens (including phenoxy) is 2. The zero-order valence-corrected chi connectivity index (χ0v) is 15.3. The summed E-state index contributed by atoms with van der Waals surface area (Å²) in [5, 5.41) is 2.88. The van der Waals surface area contributed by atoms with Gasteiger partial charge < -0.3 is 19.2 Å². The third kappa shape index (κ3) is 3.70. The lowest BCUT2D eigenvalue weighted by atomic mass is 10.1. The van der Waals surface area contributed by atoms with Gasteiger partial charge in [-0.1, -0.05) is 25.0 Å². The van der Waals surface area contributed by atoms with Crippen molar-refractivity contribution in [3.63, 3.8) is 0 Å². The second kappa shape index (κ2) is 7.47. The van der Waals surface area contributed by atoms with Gasteiger partial charge in [0.1, 0.15) is 12.2 Å². The first-order chi connectivity index (χ1) is 13.1. The van der Waals surface area contributed by atoms with Crippen LogP contribution >= 0.6 is 0 Å². The van der Waals surface area contributed by atoms with Crippen LogP contribution in [-0.2, 0) is 0 Å². The number of carbonyl (C=O) groups excluding carboxylic acids is 1. The first kappa shape index (κ1) is 17.6. The van der Waals surface area contributed by atoms with Crippen LogP contribution < -0.4 is 20.4 Å². The van der Waals surface area contributed by atoms with Crippen molar-refractivity contribution in [3.8, 4) is 11.5 Å². The SMILES string of the molecule is Cc1cc(C2COc3ccccc3O2)oc(=O)c1C(=O)NCC1CCCC1. The maximum Gasteiger partial charge on any atom is 0.349 e. The van der Waals surface area contributed by atoms with Gasteiger partial charge in [0, 0.05) is 6.54 Å². The molecule has 1 aromatic heterocycles. The summed E-state index contributed by atoms with van der Waals surface area (Å²) >= 11 is 0. The maximum absolute atomic E-state index is 12.5. The van der Waals surface area contributed by atoms with Gasteiger partial charge in [-0.15, -0.1) is 0 Å². The summed E-state index contributed by atoms with van der Waals surface area (Å²) in [4.78, 5) is 24.9. The molecule has 1 fully saturated rings. The fourth-order valence-electron chi connectivity index (χ4n) is 3.76. The van der Waals surface area contributed by atoms with E-state index in [-0.39, 0.29) is 18.1 Å². The first-order valence-corrected chi connectivity index (χ1v) is 9.43. The minimum Gasteiger partial charge on any atom is -0.485 e. The number of para-hydroxylation sites is 2. The van der Waals surface area contributed by atoms with Gasteiger partial charge in [-0.05, 0) is 49.4 Å². The third-order valence-corrected chi connectivity index (χ3v) is 5.25. The molecule has 0 saturated heterocycles. The molecule has 1 aliphatic heterocycles. The molecule has 1 saturated carbocycles. The molecule has 1 unspecified atom stereocenters. The van der Waals surface area contributed by atoms with Gasteiger partial charge in [0.15, 0.2) is 23.4 Å². The van der Waals surface area contributed by atoms with Gasteiger partial charge >= 0.3 is 5.63 Å². The van der Waals surface area contributed by atoms with E-state index in [1.165, 1.54) is 12.8 Å². The lowest BCUT2D eigenvalue weighted by Crippen LogP contribution is -2.33. The quantitative estimate of drug-likeness (QED) is 0.894. The molecular weight excluding hydrogens is 346 g/mol. The molecule has 1 N–H and O–H groups in total. The van der Waals surface area contributed by atoms with Crippen LogP contribution in [0.5, 0.6) is 11.5 Å². The topological polar surface area (TPSA) is 77.8 Å². The summed E-state index contributed by atoms with van der Waals surface area (Å²) in [7, 11) is 0. The van der Waals surface area contributed by atoms with Crippen molar-refractivity contribution in [2.75, 3.05) is 13.2 Å². The van der Waals surface area contributed by atoms with Crippen molar-refractivity contribution in [2.45, 2.75) is 38.7 Å². The molecular formula is C21H23NO5. The Balaban J connectivity index is 1.50. The van der Waals surface area contributed by atoms with Crippen molar-refractivity contribution in [2.24, 2.45) is 5.92 Å². The number of fused-ring (bicyclic) bond motifs is 1. The van der Waals surface area contributed by atoms with E-state index in [2.05, 4.69) is 5.32 Å². The molecule has 0 spiro atoms. The van der Waals surface area contributed by atoms with Crippen molar-refractivity contribution in [1.29, 1.82) is 0 Å². The predicted octanol–water partition coefficient (Wildman–Crippen LogP) is 3.38. The molecule has 2 heterocycles. The molecule has 1 atom stereocenters. The Kier molecular flexibility index (Phi) is 4.88. The van der Waals surface area contributed by atoms with E-state index >= 15 is 0 Å². The van der Waals surface area contributed by atoms with Crippen molar-refractivity contribution in [3.05, 3.63) is 57.6 Å². The highest BCUT2D eigenvalue weighted by Gasteiger charge is 2.27. The van der Waals surface area contributed by atoms with Crippen LogP contribution in [0.15, 0.2) is 39.5 Å². The maximum atomic E-state index is 12.5. The van der Waals surface area contributed by atoms with E-state index in [0.29, 0.717) is 35.3 Å². The lowest BCUT2D eigenvalue weighted by Gasteiger charge is -2.25. The lowest BCUT2D eigenvalue weighted by molar-refractivity contribution is 0.0721. The summed E-state index contributed by atoms with van der Waals surface area (Å²) in [5.41, 5.74) is -0.00196. The summed E-state index contributed by atoms with van der Waals surface area (Å²) in [6.07, 6.45) is 4.16. The molecule has 2 aliphatic rings. The zero-order valence-electron chi connectivity index (χ0n) is 15.3. The second-order valence-electron chi connectivity index (χ2n) is 7.22. The van der Waals surface area contributed by atoms with Crippen LogP contribution in [0.2, 0.25) is 0 Å². The molecule has 1 aromatic carbocycles. The number of hydrogen-bond acceptors (Lipinski definition) is 5. The monoisotopic (exact) mass is 369 g/mol. The molecule has 0 radical (unpaired) electrons. The summed E-state index contributed by atoms with van der Waals surface area (Å²) in [5.74, 6) is 1.77. The number of nitrogens with one attached hydrogen (secondary N) is 1. The van der Waals surface area contributed by atoms with Gasteiger partial charge in [-0.25, -0.2) is 4.79 Å². The highest BCUT2D eigenvalue weighted by molar-refractivity contribution is 5.95. The minimum absolute atomic E-state index is 0.0638. The third-order valence-electron chi connectivity index (χ3n) is 5.25. The molecule has 1 aliphatic carbocycles. The van der Waals surface area contributed by atoms with Crippen LogP contribution in [0, 0.1) is 12.8 Å². The number of carbonyl (C=O) groups is 1. The number of hydrogen-bond donors (Lipinski definition) is 1. The Morgan fingerprint density at radius 3 is 2.67 bits per heavy atom. The van der Waals surface area contributed by atoms with Crippen molar-refractivity contribution >= 4 is 5.91 Å². The van der Waals surface area contributed by atoms with Crippen molar-refractivity contribution < 1.29 is 18.7 Å². The van der Waals surface area contributed by atoms with Crippen LogP contribution in [-0.4, -0.2) is 19.1 Å². The molecule has 1 amide bonds. The van der Waals surface area contributed by atoms with E-state index < -0.39 is 11.7 Å². The van der Waals surface area contributed by atoms with Gasteiger partial charge in [-0.3, -0.25) is 4.79 Å². The summed E-state index contributed by atoms with van der Waals surface area (Å²) in [6, 6.07) is 9.03. The fourth-order valence-corrected chi connectivity index (χ4v) is 3.76. The Morgan fingerprint density at radius 2 is 1.93 bits per heavy atom. The molecule has 142 valence electrons. The first-order valence-electron chi connectivity index (χ1n) is 9.43. The van der Waals surface area contributed by atoms with Crippen molar-refractivity contribution in [1.82, 2.24) is 5.32 Å². The van der Waals surface area contributed by atoms with Gasteiger partial charge in [0.05, 0.1) is 0 Å². The molecule has 6 heteroatoms. The van der Waals surface area contributed by atoms with Gasteiger partial charge in [-0.2, -0.15) is 0 Å². The van der Waals surface area contributed by atoms with Crippen LogP contribution in [0.3, 0.4) is 0 Å². The molecule has 27 heavy (non-hydrogen) atoms. The average Bonchev–Trinajstić information content (AvgIpc) is 3.19. The molecule has 4 rings (SSSR count). The second-order valence-corrected chi connectivity index (χ2v) is 7.22. The highest BCUT2D eigenvalue weighted by Crippen LogP contribution is 2.35. The number of rotatable bonds is 4. The van der Waals surface area contributed by atoms with E-state index in [9.17, 15) is 9.59 Å². The van der Waals surface area contributed by atoms with E-state index in [1.807, 2.05) is 18.2 Å². The highest BCUT2D eigenvalue weighted by atomic mass is 16.6. The van der Waals surface area contributed by atoms with Crippen LogP contribution in [0.25, 0.3) is 0 Å². The largest absolute Gasteiger partial charge is 0.485 e. The Labute approximate surface area is 157 Å². The average molecular weight is 369 g/mol.